The lowest BCUT2D eigenvalue weighted by molar-refractivity contribution is -0.146. The molecule has 1 fully saturated rings. The fraction of sp³-hybridized carbons (Fsp3) is 0.619. The maximum atomic E-state index is 12.5. The first-order valence-corrected chi connectivity index (χ1v) is 9.51. The Morgan fingerprint density at radius 2 is 1.89 bits per heavy atom. The number of esters is 1. The Kier molecular flexibility index (Phi) is 7.66. The van der Waals surface area contributed by atoms with E-state index in [2.05, 4.69) is 0 Å². The van der Waals surface area contributed by atoms with Gasteiger partial charge < -0.3 is 19.1 Å². The number of carbonyl (C=O) groups excluding carboxylic acids is 2. The van der Waals surface area contributed by atoms with Crippen molar-refractivity contribution in [3.63, 3.8) is 0 Å². The summed E-state index contributed by atoms with van der Waals surface area (Å²) in [7, 11) is 1.39. The minimum Gasteiger partial charge on any atom is -0.469 e. The molecular weight excluding hydrogens is 346 g/mol. The minimum absolute atomic E-state index is 0.215. The molecule has 1 aromatic rings. The van der Waals surface area contributed by atoms with Crippen molar-refractivity contribution in [2.45, 2.75) is 58.3 Å². The first-order valence-electron chi connectivity index (χ1n) is 9.51. The van der Waals surface area contributed by atoms with Crippen molar-refractivity contribution in [1.29, 1.82) is 0 Å². The van der Waals surface area contributed by atoms with Crippen molar-refractivity contribution in [2.75, 3.05) is 20.3 Å². The van der Waals surface area contributed by atoms with Crippen LogP contribution in [0.1, 0.15) is 45.6 Å². The highest BCUT2D eigenvalue weighted by molar-refractivity contribution is 5.76. The number of rotatable bonds is 7. The molecule has 0 aliphatic carbocycles. The van der Waals surface area contributed by atoms with Gasteiger partial charge in [-0.15, -0.1) is 0 Å². The van der Waals surface area contributed by atoms with Gasteiger partial charge >= 0.3 is 12.1 Å². The summed E-state index contributed by atoms with van der Waals surface area (Å²) in [6.45, 7) is 7.15. The van der Waals surface area contributed by atoms with Crippen LogP contribution in [0.25, 0.3) is 0 Å². The quantitative estimate of drug-likeness (QED) is 0.534. The maximum absolute atomic E-state index is 12.5. The standard InChI is InChI=1S/C21H31NO5/c1-21(2,3)27-20(24)22-13-12-17(19(23)25-4)18(22)11-8-14-26-15-16-9-6-5-7-10-16/h5-7,9-10,17-18H,8,11-15H2,1-4H3/t17-,18+/m1/s1. The normalized spacial score (nSPS) is 19.8. The lowest BCUT2D eigenvalue weighted by atomic mass is 9.96. The van der Waals surface area contributed by atoms with E-state index >= 15 is 0 Å². The lowest BCUT2D eigenvalue weighted by Gasteiger charge is -2.30. The third-order valence-electron chi connectivity index (χ3n) is 4.58. The van der Waals surface area contributed by atoms with Gasteiger partial charge in [-0.25, -0.2) is 4.79 Å². The van der Waals surface area contributed by atoms with E-state index in [0.29, 0.717) is 32.6 Å². The Balaban J connectivity index is 1.88. The van der Waals surface area contributed by atoms with Gasteiger partial charge in [0.25, 0.3) is 0 Å². The molecule has 2 atom stereocenters. The van der Waals surface area contributed by atoms with E-state index in [0.717, 1.165) is 12.0 Å². The van der Waals surface area contributed by atoms with Crippen molar-refractivity contribution in [2.24, 2.45) is 5.92 Å². The fourth-order valence-corrected chi connectivity index (χ4v) is 3.34. The van der Waals surface area contributed by atoms with Crippen molar-refractivity contribution in [3.8, 4) is 0 Å². The molecule has 1 aliphatic heterocycles. The number of ether oxygens (including phenoxy) is 3. The third-order valence-corrected chi connectivity index (χ3v) is 4.58. The summed E-state index contributed by atoms with van der Waals surface area (Å²) in [6, 6.07) is 9.77. The van der Waals surface area contributed by atoms with E-state index in [1.165, 1.54) is 7.11 Å². The molecule has 1 aromatic carbocycles. The maximum Gasteiger partial charge on any atom is 0.410 e. The number of hydrogen-bond donors (Lipinski definition) is 0. The van der Waals surface area contributed by atoms with Crippen LogP contribution in [-0.2, 0) is 25.6 Å². The van der Waals surface area contributed by atoms with Crippen LogP contribution in [0, 0.1) is 5.92 Å². The molecule has 0 spiro atoms. The third kappa shape index (κ3) is 6.54. The van der Waals surface area contributed by atoms with E-state index in [9.17, 15) is 9.59 Å². The summed E-state index contributed by atoms with van der Waals surface area (Å²) in [6.07, 6.45) is 1.66. The Morgan fingerprint density at radius 3 is 2.52 bits per heavy atom. The Labute approximate surface area is 161 Å². The van der Waals surface area contributed by atoms with Gasteiger partial charge in [-0.05, 0) is 45.6 Å². The van der Waals surface area contributed by atoms with Crippen LogP contribution in [0.4, 0.5) is 4.79 Å². The first kappa shape index (κ1) is 21.2. The minimum atomic E-state index is -0.566. The first-order chi connectivity index (χ1) is 12.8. The molecule has 0 aromatic heterocycles. The number of likely N-dealkylation sites (tertiary alicyclic amines) is 1. The van der Waals surface area contributed by atoms with Crippen LogP contribution in [0.2, 0.25) is 0 Å². The zero-order chi connectivity index (χ0) is 19.9. The van der Waals surface area contributed by atoms with Gasteiger partial charge in [-0.1, -0.05) is 30.3 Å². The molecule has 27 heavy (non-hydrogen) atoms. The number of carbonyl (C=O) groups is 2. The molecule has 6 heteroatoms. The van der Waals surface area contributed by atoms with Gasteiger partial charge in [0.15, 0.2) is 0 Å². The van der Waals surface area contributed by atoms with Gasteiger partial charge in [-0.3, -0.25) is 4.79 Å². The second-order valence-electron chi connectivity index (χ2n) is 7.84. The molecule has 0 N–H and O–H groups in total. The van der Waals surface area contributed by atoms with Gasteiger partial charge in [-0.2, -0.15) is 0 Å². The monoisotopic (exact) mass is 377 g/mol. The zero-order valence-corrected chi connectivity index (χ0v) is 16.8. The molecular formula is C21H31NO5. The van der Waals surface area contributed by atoms with E-state index < -0.39 is 5.60 Å². The van der Waals surface area contributed by atoms with Crippen molar-refractivity contribution in [3.05, 3.63) is 35.9 Å². The highest BCUT2D eigenvalue weighted by atomic mass is 16.6. The Bertz CT molecular complexity index is 611. The van der Waals surface area contributed by atoms with Gasteiger partial charge in [0, 0.05) is 19.2 Å². The number of amides is 1. The van der Waals surface area contributed by atoms with E-state index in [-0.39, 0.29) is 24.0 Å². The summed E-state index contributed by atoms with van der Waals surface area (Å²) in [5, 5.41) is 0. The average Bonchev–Trinajstić information content (AvgIpc) is 3.04. The van der Waals surface area contributed by atoms with Crippen molar-refractivity contribution in [1.82, 2.24) is 4.90 Å². The van der Waals surface area contributed by atoms with E-state index in [1.807, 2.05) is 51.1 Å². The largest absolute Gasteiger partial charge is 0.469 e. The van der Waals surface area contributed by atoms with Gasteiger partial charge in [0.05, 0.1) is 19.6 Å². The number of hydrogen-bond acceptors (Lipinski definition) is 5. The molecule has 150 valence electrons. The highest BCUT2D eigenvalue weighted by Gasteiger charge is 2.42. The van der Waals surface area contributed by atoms with Gasteiger partial charge in [0.1, 0.15) is 5.60 Å². The molecule has 1 saturated heterocycles. The van der Waals surface area contributed by atoms with Gasteiger partial charge in [0.2, 0.25) is 0 Å². The van der Waals surface area contributed by atoms with E-state index in [4.69, 9.17) is 14.2 Å². The zero-order valence-electron chi connectivity index (χ0n) is 16.8. The summed E-state index contributed by atoms with van der Waals surface area (Å²) in [4.78, 5) is 26.3. The molecule has 1 aliphatic rings. The molecule has 2 rings (SSSR count). The summed E-state index contributed by atoms with van der Waals surface area (Å²) < 4.78 is 16.2. The summed E-state index contributed by atoms with van der Waals surface area (Å²) in [5.41, 5.74) is 0.560. The molecule has 0 saturated carbocycles. The summed E-state index contributed by atoms with van der Waals surface area (Å²) >= 11 is 0. The topological polar surface area (TPSA) is 65.1 Å². The van der Waals surface area contributed by atoms with Crippen LogP contribution in [0.15, 0.2) is 30.3 Å². The molecule has 0 unspecified atom stereocenters. The van der Waals surface area contributed by atoms with E-state index in [1.54, 1.807) is 4.90 Å². The molecule has 0 bridgehead atoms. The molecule has 1 amide bonds. The van der Waals surface area contributed by atoms with Crippen LogP contribution < -0.4 is 0 Å². The SMILES string of the molecule is COC(=O)[C@@H]1CCN(C(=O)OC(C)(C)C)[C@H]1CCCOCc1ccccc1. The number of methoxy groups -OCH3 is 1. The number of nitrogens with zero attached hydrogens (tertiary/aromatic N) is 1. The van der Waals surface area contributed by atoms with Crippen LogP contribution >= 0.6 is 0 Å². The predicted octanol–water partition coefficient (Wildman–Crippen LogP) is 3.78. The second kappa shape index (κ2) is 9.74. The van der Waals surface area contributed by atoms with Crippen molar-refractivity contribution < 1.29 is 23.8 Å². The van der Waals surface area contributed by atoms with Crippen LogP contribution in [0.5, 0.6) is 0 Å². The highest BCUT2D eigenvalue weighted by Crippen LogP contribution is 2.30. The molecule has 1 heterocycles. The number of benzene rings is 1. The van der Waals surface area contributed by atoms with Crippen molar-refractivity contribution >= 4 is 12.1 Å². The van der Waals surface area contributed by atoms with Crippen LogP contribution in [0.3, 0.4) is 0 Å². The average molecular weight is 377 g/mol. The smallest absolute Gasteiger partial charge is 0.410 e. The Morgan fingerprint density at radius 1 is 1.19 bits per heavy atom. The van der Waals surface area contributed by atoms with Crippen LogP contribution in [-0.4, -0.2) is 48.9 Å². The predicted molar refractivity (Wildman–Crippen MR) is 102 cm³/mol. The summed E-state index contributed by atoms with van der Waals surface area (Å²) in [5.74, 6) is -0.576. The lowest BCUT2D eigenvalue weighted by Crippen LogP contribution is -2.43. The molecule has 0 radical (unpaired) electrons. The fourth-order valence-electron chi connectivity index (χ4n) is 3.34. The second-order valence-corrected chi connectivity index (χ2v) is 7.84. The molecule has 6 nitrogen and oxygen atoms in total. The Hall–Kier alpha value is -2.08.